The normalized spacial score (nSPS) is 16.4. The largest absolute Gasteiger partial charge is 0.455 e. The van der Waals surface area contributed by atoms with E-state index >= 15 is 0 Å². The minimum Gasteiger partial charge on any atom is -0.455 e. The van der Waals surface area contributed by atoms with Crippen LogP contribution in [0.15, 0.2) is 42.7 Å². The molecule has 1 aromatic heterocycles. The Kier molecular flexibility index (Phi) is 4.81. The Morgan fingerprint density at radius 1 is 1.25 bits per heavy atom. The molecule has 0 spiro atoms. The number of carbonyl (C=O) groups is 1. The molecule has 3 rings (SSSR count). The Labute approximate surface area is 142 Å². The van der Waals surface area contributed by atoms with Gasteiger partial charge in [-0.3, -0.25) is 9.78 Å². The van der Waals surface area contributed by atoms with Crippen molar-refractivity contribution in [1.82, 2.24) is 4.98 Å². The summed E-state index contributed by atoms with van der Waals surface area (Å²) < 4.78 is 5.81. The summed E-state index contributed by atoms with van der Waals surface area (Å²) in [6.07, 6.45) is 8.05. The second-order valence-electron chi connectivity index (χ2n) is 6.44. The third kappa shape index (κ3) is 3.74. The van der Waals surface area contributed by atoms with Crippen molar-refractivity contribution in [2.45, 2.75) is 44.6 Å². The summed E-state index contributed by atoms with van der Waals surface area (Å²) >= 11 is 0. The van der Waals surface area contributed by atoms with Crippen LogP contribution in [0.25, 0.3) is 0 Å². The summed E-state index contributed by atoms with van der Waals surface area (Å²) in [4.78, 5) is 16.5. The lowest BCUT2D eigenvalue weighted by Crippen LogP contribution is -2.52. The molecule has 1 saturated carbocycles. The van der Waals surface area contributed by atoms with E-state index in [9.17, 15) is 4.79 Å². The number of pyridine rings is 1. The SMILES string of the molecule is Cc1cc(NC(=O)C2(N)CCCCC2)ccc1Oc1cccnc1. The third-order valence-corrected chi connectivity index (χ3v) is 4.49. The number of rotatable bonds is 4. The maximum Gasteiger partial charge on any atom is 0.244 e. The highest BCUT2D eigenvalue weighted by atomic mass is 16.5. The lowest BCUT2D eigenvalue weighted by molar-refractivity contribution is -0.122. The predicted octanol–water partition coefficient (Wildman–Crippen LogP) is 3.78. The van der Waals surface area contributed by atoms with Crippen LogP contribution in [0.4, 0.5) is 5.69 Å². The van der Waals surface area contributed by atoms with E-state index in [-0.39, 0.29) is 5.91 Å². The molecule has 0 aliphatic heterocycles. The van der Waals surface area contributed by atoms with Gasteiger partial charge in [-0.2, -0.15) is 0 Å². The van der Waals surface area contributed by atoms with E-state index in [0.29, 0.717) is 5.75 Å². The number of aromatic nitrogens is 1. The van der Waals surface area contributed by atoms with Gasteiger partial charge in [0.15, 0.2) is 0 Å². The Balaban J connectivity index is 1.69. The van der Waals surface area contributed by atoms with E-state index < -0.39 is 5.54 Å². The lowest BCUT2D eigenvalue weighted by Gasteiger charge is -2.31. The average Bonchev–Trinajstić information content (AvgIpc) is 2.59. The maximum atomic E-state index is 12.5. The van der Waals surface area contributed by atoms with Gasteiger partial charge in [-0.1, -0.05) is 19.3 Å². The predicted molar refractivity (Wildman–Crippen MR) is 94.1 cm³/mol. The summed E-state index contributed by atoms with van der Waals surface area (Å²) in [6.45, 7) is 1.94. The van der Waals surface area contributed by atoms with Gasteiger partial charge in [-0.25, -0.2) is 0 Å². The van der Waals surface area contributed by atoms with Crippen LogP contribution in [0, 0.1) is 6.92 Å². The molecule has 126 valence electrons. The van der Waals surface area contributed by atoms with Crippen molar-refractivity contribution in [3.05, 3.63) is 48.3 Å². The molecule has 24 heavy (non-hydrogen) atoms. The number of nitrogens with one attached hydrogen (secondary N) is 1. The topological polar surface area (TPSA) is 77.2 Å². The molecule has 0 radical (unpaired) electrons. The van der Waals surface area contributed by atoms with E-state index in [2.05, 4.69) is 10.3 Å². The van der Waals surface area contributed by atoms with Crippen LogP contribution in [-0.2, 0) is 4.79 Å². The molecule has 1 heterocycles. The van der Waals surface area contributed by atoms with E-state index in [1.807, 2.05) is 37.3 Å². The first-order chi connectivity index (χ1) is 11.6. The molecule has 1 fully saturated rings. The van der Waals surface area contributed by atoms with Gasteiger partial charge in [0, 0.05) is 11.9 Å². The number of hydrogen-bond acceptors (Lipinski definition) is 4. The number of anilines is 1. The van der Waals surface area contributed by atoms with Gasteiger partial charge in [-0.15, -0.1) is 0 Å². The van der Waals surface area contributed by atoms with Gasteiger partial charge in [0.1, 0.15) is 11.5 Å². The highest BCUT2D eigenvalue weighted by Gasteiger charge is 2.35. The van der Waals surface area contributed by atoms with Crippen molar-refractivity contribution in [2.75, 3.05) is 5.32 Å². The second kappa shape index (κ2) is 7.01. The Hall–Kier alpha value is -2.40. The molecule has 0 unspecified atom stereocenters. The summed E-state index contributed by atoms with van der Waals surface area (Å²) in [5.74, 6) is 1.32. The summed E-state index contributed by atoms with van der Waals surface area (Å²) in [6, 6.07) is 9.26. The van der Waals surface area contributed by atoms with Gasteiger partial charge in [0.05, 0.1) is 11.7 Å². The quantitative estimate of drug-likeness (QED) is 0.897. The van der Waals surface area contributed by atoms with Crippen LogP contribution >= 0.6 is 0 Å². The van der Waals surface area contributed by atoms with Crippen LogP contribution in [0.2, 0.25) is 0 Å². The zero-order chi connectivity index (χ0) is 17.0. The number of carbonyl (C=O) groups excluding carboxylic acids is 1. The molecule has 1 aliphatic rings. The van der Waals surface area contributed by atoms with Gasteiger partial charge in [0.25, 0.3) is 0 Å². The zero-order valence-corrected chi connectivity index (χ0v) is 13.9. The van der Waals surface area contributed by atoms with Crippen molar-refractivity contribution in [1.29, 1.82) is 0 Å². The van der Waals surface area contributed by atoms with E-state index in [0.717, 1.165) is 49.1 Å². The Morgan fingerprint density at radius 2 is 2.04 bits per heavy atom. The highest BCUT2D eigenvalue weighted by molar-refractivity contribution is 5.98. The average molecular weight is 325 g/mol. The molecule has 0 saturated heterocycles. The Bertz CT molecular complexity index is 710. The molecule has 2 aromatic rings. The first-order valence-electron chi connectivity index (χ1n) is 8.36. The zero-order valence-electron chi connectivity index (χ0n) is 13.9. The summed E-state index contributed by atoms with van der Waals surface area (Å²) in [5, 5.41) is 2.95. The molecular formula is C19H23N3O2. The molecule has 5 heteroatoms. The number of ether oxygens (including phenoxy) is 1. The molecule has 1 aliphatic carbocycles. The first kappa shape index (κ1) is 16.5. The van der Waals surface area contributed by atoms with Crippen LogP contribution in [0.5, 0.6) is 11.5 Å². The molecule has 5 nitrogen and oxygen atoms in total. The first-order valence-corrected chi connectivity index (χ1v) is 8.36. The number of benzene rings is 1. The van der Waals surface area contributed by atoms with Gasteiger partial charge < -0.3 is 15.8 Å². The summed E-state index contributed by atoms with van der Waals surface area (Å²) in [5.41, 5.74) is 7.22. The van der Waals surface area contributed by atoms with Crippen molar-refractivity contribution >= 4 is 11.6 Å². The fraction of sp³-hybridized carbons (Fsp3) is 0.368. The number of aryl methyl sites for hydroxylation is 1. The minimum atomic E-state index is -0.739. The molecule has 3 N–H and O–H groups in total. The minimum absolute atomic E-state index is 0.0949. The van der Waals surface area contributed by atoms with E-state index in [1.54, 1.807) is 12.4 Å². The second-order valence-corrected chi connectivity index (χ2v) is 6.44. The van der Waals surface area contributed by atoms with Crippen molar-refractivity contribution < 1.29 is 9.53 Å². The smallest absolute Gasteiger partial charge is 0.244 e. The van der Waals surface area contributed by atoms with E-state index in [4.69, 9.17) is 10.5 Å². The number of nitrogens with zero attached hydrogens (tertiary/aromatic N) is 1. The third-order valence-electron chi connectivity index (χ3n) is 4.49. The molecule has 0 bridgehead atoms. The lowest BCUT2D eigenvalue weighted by atomic mass is 9.82. The number of nitrogens with two attached hydrogens (primary N) is 1. The van der Waals surface area contributed by atoms with Gasteiger partial charge in [0.2, 0.25) is 5.91 Å². The number of amides is 1. The van der Waals surface area contributed by atoms with Crippen LogP contribution < -0.4 is 15.8 Å². The van der Waals surface area contributed by atoms with Crippen LogP contribution in [-0.4, -0.2) is 16.4 Å². The summed E-state index contributed by atoms with van der Waals surface area (Å²) in [7, 11) is 0. The fourth-order valence-corrected chi connectivity index (χ4v) is 3.04. The molecular weight excluding hydrogens is 302 g/mol. The number of hydrogen-bond donors (Lipinski definition) is 2. The highest BCUT2D eigenvalue weighted by Crippen LogP contribution is 2.29. The van der Waals surface area contributed by atoms with Crippen molar-refractivity contribution in [3.63, 3.8) is 0 Å². The Morgan fingerprint density at radius 3 is 2.71 bits per heavy atom. The standard InChI is InChI=1S/C19H23N3O2/c1-14-12-15(22-18(23)19(20)9-3-2-4-10-19)7-8-17(14)24-16-6-5-11-21-13-16/h5-8,11-13H,2-4,9-10,20H2,1H3,(H,22,23). The molecule has 1 aromatic carbocycles. The fourth-order valence-electron chi connectivity index (χ4n) is 3.04. The van der Waals surface area contributed by atoms with Crippen LogP contribution in [0.3, 0.4) is 0 Å². The van der Waals surface area contributed by atoms with E-state index in [1.165, 1.54) is 0 Å². The van der Waals surface area contributed by atoms with Crippen molar-refractivity contribution in [2.24, 2.45) is 5.73 Å². The van der Waals surface area contributed by atoms with Gasteiger partial charge >= 0.3 is 0 Å². The molecule has 0 atom stereocenters. The van der Waals surface area contributed by atoms with Gasteiger partial charge in [-0.05, 0) is 55.7 Å². The van der Waals surface area contributed by atoms with Crippen LogP contribution in [0.1, 0.15) is 37.7 Å². The van der Waals surface area contributed by atoms with Crippen molar-refractivity contribution in [3.8, 4) is 11.5 Å². The monoisotopic (exact) mass is 325 g/mol. The molecule has 1 amide bonds. The maximum absolute atomic E-state index is 12.5.